The minimum atomic E-state index is -1.84. The fourth-order valence-corrected chi connectivity index (χ4v) is 1.50. The van der Waals surface area contributed by atoms with E-state index >= 15 is 0 Å². The molecule has 0 radical (unpaired) electrons. The molecule has 0 bridgehead atoms. The molecule has 0 atom stereocenters. The van der Waals surface area contributed by atoms with Crippen LogP contribution in [0.3, 0.4) is 0 Å². The summed E-state index contributed by atoms with van der Waals surface area (Å²) in [5.74, 6) is -3.61. The Balaban J connectivity index is -0.000000845. The zero-order valence-electron chi connectivity index (χ0n) is 10.8. The fourth-order valence-electron chi connectivity index (χ4n) is 1.50. The Bertz CT molecular complexity index is 215. The van der Waals surface area contributed by atoms with Crippen molar-refractivity contribution in [3.05, 3.63) is 0 Å². The SMILES string of the molecule is CCCCC(C(=O)[O-])(C(=O)[O-])C(C)C.[Li+].[Li+]. The molecule has 0 fully saturated rings. The molecule has 0 unspecified atom stereocenters. The van der Waals surface area contributed by atoms with E-state index in [2.05, 4.69) is 0 Å². The molecule has 0 N–H and O–H groups in total. The van der Waals surface area contributed by atoms with E-state index in [-0.39, 0.29) is 44.1 Å². The summed E-state index contributed by atoms with van der Waals surface area (Å²) in [7, 11) is 0. The van der Waals surface area contributed by atoms with Gasteiger partial charge in [0, 0.05) is 0 Å². The van der Waals surface area contributed by atoms with Crippen molar-refractivity contribution in [2.45, 2.75) is 40.0 Å². The Morgan fingerprint density at radius 2 is 1.50 bits per heavy atom. The van der Waals surface area contributed by atoms with E-state index in [4.69, 9.17) is 0 Å². The third kappa shape index (κ3) is 4.56. The van der Waals surface area contributed by atoms with Gasteiger partial charge < -0.3 is 19.8 Å². The van der Waals surface area contributed by atoms with Gasteiger partial charge >= 0.3 is 37.7 Å². The van der Waals surface area contributed by atoms with Crippen LogP contribution in [-0.2, 0) is 9.59 Å². The van der Waals surface area contributed by atoms with Crippen molar-refractivity contribution in [1.29, 1.82) is 0 Å². The topological polar surface area (TPSA) is 80.3 Å². The molecule has 0 aromatic heterocycles. The zero-order chi connectivity index (χ0) is 11.4. The molecule has 16 heavy (non-hydrogen) atoms. The average Bonchev–Trinajstić information content (AvgIpc) is 2.03. The van der Waals surface area contributed by atoms with Crippen molar-refractivity contribution in [3.63, 3.8) is 0 Å². The van der Waals surface area contributed by atoms with Gasteiger partial charge in [-0.15, -0.1) is 0 Å². The molecular formula is C10H16Li2O4. The standard InChI is InChI=1S/C10H18O4.2Li/c1-4-5-6-10(7(2)3,8(11)12)9(13)14;;/h7H,4-6H2,1-3H3,(H,11,12)(H,13,14);;/q;2*+1/p-2. The first-order valence-electron chi connectivity index (χ1n) is 4.82. The zero-order valence-corrected chi connectivity index (χ0v) is 10.8. The Morgan fingerprint density at radius 3 is 1.69 bits per heavy atom. The summed E-state index contributed by atoms with van der Waals surface area (Å²) in [6, 6.07) is 0. The van der Waals surface area contributed by atoms with Gasteiger partial charge in [0.1, 0.15) is 0 Å². The predicted molar refractivity (Wildman–Crippen MR) is 46.8 cm³/mol. The molecule has 82 valence electrons. The number of carboxylic acids is 2. The van der Waals surface area contributed by atoms with E-state index < -0.39 is 23.3 Å². The minimum Gasteiger partial charge on any atom is -0.549 e. The van der Waals surface area contributed by atoms with Crippen LogP contribution >= 0.6 is 0 Å². The summed E-state index contributed by atoms with van der Waals surface area (Å²) in [6.45, 7) is 4.98. The maximum absolute atomic E-state index is 10.9. The van der Waals surface area contributed by atoms with Crippen LogP contribution in [0.2, 0.25) is 0 Å². The molecule has 4 nitrogen and oxygen atoms in total. The largest absolute Gasteiger partial charge is 1.00 e. The monoisotopic (exact) mass is 214 g/mol. The molecule has 0 aliphatic rings. The number of carbonyl (C=O) groups excluding carboxylic acids is 2. The molecule has 0 amide bonds. The summed E-state index contributed by atoms with van der Waals surface area (Å²) in [5.41, 5.74) is -1.84. The molecule has 6 heteroatoms. The van der Waals surface area contributed by atoms with Gasteiger partial charge in [0.05, 0.1) is 17.4 Å². The van der Waals surface area contributed by atoms with Gasteiger partial charge in [-0.2, -0.15) is 0 Å². The maximum atomic E-state index is 10.9. The van der Waals surface area contributed by atoms with E-state index in [0.29, 0.717) is 6.42 Å². The number of hydrogen-bond donors (Lipinski definition) is 0. The molecule has 0 heterocycles. The van der Waals surface area contributed by atoms with Gasteiger partial charge in [-0.25, -0.2) is 0 Å². The second-order valence-corrected chi connectivity index (χ2v) is 3.80. The molecule has 0 aromatic rings. The van der Waals surface area contributed by atoms with E-state index in [0.717, 1.165) is 6.42 Å². The smallest absolute Gasteiger partial charge is 0.549 e. The van der Waals surface area contributed by atoms with Crippen LogP contribution in [0, 0.1) is 11.3 Å². The number of unbranched alkanes of at least 4 members (excludes halogenated alkanes) is 1. The molecule has 0 saturated heterocycles. The first kappa shape index (κ1) is 21.4. The molecule has 0 aliphatic heterocycles. The Labute approximate surface area is 121 Å². The summed E-state index contributed by atoms with van der Waals surface area (Å²) in [4.78, 5) is 21.8. The first-order chi connectivity index (χ1) is 6.39. The number of carboxylic acid groups (broad SMARTS) is 2. The van der Waals surface area contributed by atoms with Crippen LogP contribution in [0.1, 0.15) is 40.0 Å². The third-order valence-corrected chi connectivity index (χ3v) is 2.64. The van der Waals surface area contributed by atoms with Gasteiger partial charge in [0.15, 0.2) is 0 Å². The second kappa shape index (κ2) is 9.19. The minimum absolute atomic E-state index is 0. The van der Waals surface area contributed by atoms with Crippen molar-refractivity contribution in [2.75, 3.05) is 0 Å². The van der Waals surface area contributed by atoms with E-state index in [1.807, 2.05) is 6.92 Å². The molecule has 0 rings (SSSR count). The van der Waals surface area contributed by atoms with Crippen LogP contribution in [0.5, 0.6) is 0 Å². The van der Waals surface area contributed by atoms with Crippen LogP contribution in [0.25, 0.3) is 0 Å². The average molecular weight is 214 g/mol. The third-order valence-electron chi connectivity index (χ3n) is 2.64. The summed E-state index contributed by atoms with van der Waals surface area (Å²) in [6.07, 6.45) is 1.36. The molecular weight excluding hydrogens is 198 g/mol. The fraction of sp³-hybridized carbons (Fsp3) is 0.800. The van der Waals surface area contributed by atoms with Gasteiger partial charge in [-0.1, -0.05) is 33.6 Å². The molecule has 0 aromatic carbocycles. The Hall–Kier alpha value is 0.135. The first-order valence-corrected chi connectivity index (χ1v) is 4.82. The van der Waals surface area contributed by atoms with E-state index in [1.54, 1.807) is 13.8 Å². The number of hydrogen-bond acceptors (Lipinski definition) is 4. The van der Waals surface area contributed by atoms with Crippen LogP contribution < -0.4 is 47.9 Å². The molecule has 0 aliphatic carbocycles. The summed E-state index contributed by atoms with van der Waals surface area (Å²) >= 11 is 0. The summed E-state index contributed by atoms with van der Waals surface area (Å²) in [5, 5.41) is 21.8. The normalized spacial score (nSPS) is 10.2. The van der Waals surface area contributed by atoms with Crippen molar-refractivity contribution in [3.8, 4) is 0 Å². The van der Waals surface area contributed by atoms with Crippen molar-refractivity contribution in [1.82, 2.24) is 0 Å². The Kier molecular flexibility index (Phi) is 12.3. The van der Waals surface area contributed by atoms with E-state index in [1.165, 1.54) is 0 Å². The quantitative estimate of drug-likeness (QED) is 0.325. The summed E-state index contributed by atoms with van der Waals surface area (Å²) < 4.78 is 0. The second-order valence-electron chi connectivity index (χ2n) is 3.80. The van der Waals surface area contributed by atoms with Gasteiger partial charge in [-0.3, -0.25) is 0 Å². The number of carbonyl (C=O) groups is 2. The van der Waals surface area contributed by atoms with Crippen molar-refractivity contribution >= 4 is 11.9 Å². The number of rotatable bonds is 6. The predicted octanol–water partition coefficient (Wildman–Crippen LogP) is -6.67. The van der Waals surface area contributed by atoms with Gasteiger partial charge in [0.2, 0.25) is 0 Å². The van der Waals surface area contributed by atoms with Crippen LogP contribution in [0.4, 0.5) is 0 Å². The molecule has 0 saturated carbocycles. The van der Waals surface area contributed by atoms with Gasteiger partial charge in [-0.05, 0) is 12.3 Å². The van der Waals surface area contributed by atoms with Crippen molar-refractivity contribution < 1.29 is 57.5 Å². The molecule has 0 spiro atoms. The van der Waals surface area contributed by atoms with E-state index in [9.17, 15) is 19.8 Å². The van der Waals surface area contributed by atoms with Crippen molar-refractivity contribution in [2.24, 2.45) is 11.3 Å². The maximum Gasteiger partial charge on any atom is 1.00 e. The van der Waals surface area contributed by atoms with Gasteiger partial charge in [0.25, 0.3) is 0 Å². The number of aliphatic carboxylic acids is 2. The van der Waals surface area contributed by atoms with Crippen LogP contribution in [-0.4, -0.2) is 11.9 Å². The Morgan fingerprint density at radius 1 is 1.12 bits per heavy atom. The van der Waals surface area contributed by atoms with Crippen LogP contribution in [0.15, 0.2) is 0 Å².